The van der Waals surface area contributed by atoms with Crippen LogP contribution in [0.15, 0.2) is 40.9 Å². The van der Waals surface area contributed by atoms with Gasteiger partial charge in [0, 0.05) is 42.0 Å². The van der Waals surface area contributed by atoms with E-state index < -0.39 is 0 Å². The predicted molar refractivity (Wildman–Crippen MR) is 152 cm³/mol. The number of amides is 1. The molecule has 0 unspecified atom stereocenters. The van der Waals surface area contributed by atoms with Gasteiger partial charge in [-0.15, -0.1) is 0 Å². The van der Waals surface area contributed by atoms with E-state index in [-0.39, 0.29) is 11.7 Å². The number of phenols is 1. The second kappa shape index (κ2) is 12.3. The molecule has 5 nitrogen and oxygen atoms in total. The van der Waals surface area contributed by atoms with Crippen LogP contribution in [0.25, 0.3) is 16.6 Å². The number of unbranched alkanes of at least 4 members (excludes halogenated alkanes) is 2. The molecule has 3 aromatic rings. The SMILES string of the molecule is CCCCN(CCCC)C(=O)c1c(C)n(-c2ccccc2)c2cc(Br)c(O)c(CN3CCCCC3)c12. The van der Waals surface area contributed by atoms with Gasteiger partial charge in [-0.05, 0) is 79.8 Å². The molecule has 0 bridgehead atoms. The second-order valence-corrected chi connectivity index (χ2v) is 10.9. The highest BCUT2D eigenvalue weighted by molar-refractivity contribution is 9.10. The van der Waals surface area contributed by atoms with Crippen molar-refractivity contribution in [2.45, 2.75) is 72.3 Å². The van der Waals surface area contributed by atoms with E-state index in [2.05, 4.69) is 51.4 Å². The second-order valence-electron chi connectivity index (χ2n) is 10.0. The first kappa shape index (κ1) is 26.7. The summed E-state index contributed by atoms with van der Waals surface area (Å²) in [4.78, 5) is 18.7. The molecule has 1 saturated heterocycles. The normalized spacial score (nSPS) is 14.4. The molecule has 1 aliphatic rings. The minimum atomic E-state index is 0.0793. The fourth-order valence-electron chi connectivity index (χ4n) is 5.44. The van der Waals surface area contributed by atoms with Gasteiger partial charge in [0.15, 0.2) is 0 Å². The Labute approximate surface area is 224 Å². The van der Waals surface area contributed by atoms with Gasteiger partial charge >= 0.3 is 0 Å². The smallest absolute Gasteiger partial charge is 0.256 e. The van der Waals surface area contributed by atoms with Gasteiger partial charge in [0.2, 0.25) is 0 Å². The minimum absolute atomic E-state index is 0.0793. The Morgan fingerprint density at radius 1 is 1.03 bits per heavy atom. The lowest BCUT2D eigenvalue weighted by atomic mass is 10.0. The third-order valence-corrected chi connectivity index (χ3v) is 8.04. The topological polar surface area (TPSA) is 48.7 Å². The summed E-state index contributed by atoms with van der Waals surface area (Å²) in [6.45, 7) is 10.6. The number of rotatable bonds is 10. The lowest BCUT2D eigenvalue weighted by molar-refractivity contribution is 0.0752. The molecular formula is C30H40BrN3O2. The summed E-state index contributed by atoms with van der Waals surface area (Å²) >= 11 is 3.63. The maximum atomic E-state index is 14.3. The van der Waals surface area contributed by atoms with Gasteiger partial charge < -0.3 is 14.6 Å². The van der Waals surface area contributed by atoms with Gasteiger partial charge in [-0.25, -0.2) is 0 Å². The average molecular weight is 555 g/mol. The number of aromatic nitrogens is 1. The number of fused-ring (bicyclic) bond motifs is 1. The Morgan fingerprint density at radius 2 is 1.67 bits per heavy atom. The van der Waals surface area contributed by atoms with Crippen LogP contribution in [-0.4, -0.2) is 51.6 Å². The van der Waals surface area contributed by atoms with E-state index in [0.29, 0.717) is 11.0 Å². The van der Waals surface area contributed by atoms with Crippen LogP contribution >= 0.6 is 15.9 Å². The van der Waals surface area contributed by atoms with Gasteiger partial charge in [-0.2, -0.15) is 0 Å². The highest BCUT2D eigenvalue weighted by atomic mass is 79.9. The number of piperidine rings is 1. The minimum Gasteiger partial charge on any atom is -0.506 e. The molecule has 194 valence electrons. The zero-order chi connectivity index (χ0) is 25.7. The fourth-order valence-corrected chi connectivity index (χ4v) is 5.90. The van der Waals surface area contributed by atoms with Crippen molar-refractivity contribution < 1.29 is 9.90 Å². The van der Waals surface area contributed by atoms with Crippen LogP contribution in [-0.2, 0) is 6.54 Å². The molecule has 1 fully saturated rings. The number of para-hydroxylation sites is 1. The van der Waals surface area contributed by atoms with Crippen LogP contribution in [0.3, 0.4) is 0 Å². The van der Waals surface area contributed by atoms with Crippen molar-refractivity contribution in [2.75, 3.05) is 26.2 Å². The quantitative estimate of drug-likeness (QED) is 0.284. The molecule has 1 aliphatic heterocycles. The lowest BCUT2D eigenvalue weighted by Gasteiger charge is -2.27. The Bertz CT molecular complexity index is 1170. The third-order valence-electron chi connectivity index (χ3n) is 7.43. The van der Waals surface area contributed by atoms with Crippen LogP contribution in [0.5, 0.6) is 5.75 Å². The van der Waals surface area contributed by atoms with Crippen LogP contribution < -0.4 is 0 Å². The van der Waals surface area contributed by atoms with Crippen LogP contribution in [0.2, 0.25) is 0 Å². The van der Waals surface area contributed by atoms with Crippen molar-refractivity contribution in [3.63, 3.8) is 0 Å². The van der Waals surface area contributed by atoms with Gasteiger partial charge in [0.25, 0.3) is 5.91 Å². The first-order chi connectivity index (χ1) is 17.5. The van der Waals surface area contributed by atoms with E-state index >= 15 is 0 Å². The van der Waals surface area contributed by atoms with Gasteiger partial charge in [0.05, 0.1) is 15.6 Å². The molecule has 1 aromatic heterocycles. The molecular weight excluding hydrogens is 514 g/mol. The number of carbonyl (C=O) groups excluding carboxylic acids is 1. The van der Waals surface area contributed by atoms with Crippen LogP contribution in [0.1, 0.15) is 80.4 Å². The molecule has 0 radical (unpaired) electrons. The number of aromatic hydroxyl groups is 1. The average Bonchev–Trinajstić information content (AvgIpc) is 3.18. The van der Waals surface area contributed by atoms with E-state index in [1.165, 1.54) is 19.3 Å². The van der Waals surface area contributed by atoms with Crippen LogP contribution in [0.4, 0.5) is 0 Å². The monoisotopic (exact) mass is 553 g/mol. The summed E-state index contributed by atoms with van der Waals surface area (Å²) in [5, 5.41) is 12.2. The molecule has 2 heterocycles. The first-order valence-corrected chi connectivity index (χ1v) is 14.4. The first-order valence-electron chi connectivity index (χ1n) is 13.6. The third kappa shape index (κ3) is 5.50. The molecule has 0 atom stereocenters. The predicted octanol–water partition coefficient (Wildman–Crippen LogP) is 7.44. The number of carbonyl (C=O) groups is 1. The molecule has 0 saturated carbocycles. The molecule has 0 spiro atoms. The van der Waals surface area contributed by atoms with E-state index in [1.54, 1.807) is 0 Å². The molecule has 2 aromatic carbocycles. The number of hydrogen-bond acceptors (Lipinski definition) is 3. The molecule has 6 heteroatoms. The van der Waals surface area contributed by atoms with Crippen molar-refractivity contribution in [3.05, 3.63) is 57.7 Å². The molecule has 0 aliphatic carbocycles. The lowest BCUT2D eigenvalue weighted by Crippen LogP contribution is -2.33. The number of nitrogens with zero attached hydrogens (tertiary/aromatic N) is 3. The summed E-state index contributed by atoms with van der Waals surface area (Å²) in [5.74, 6) is 0.330. The van der Waals surface area contributed by atoms with Gasteiger partial charge in [0.1, 0.15) is 5.75 Å². The van der Waals surface area contributed by atoms with E-state index in [1.807, 2.05) is 36.1 Å². The summed E-state index contributed by atoms with van der Waals surface area (Å²) in [6, 6.07) is 12.2. The van der Waals surface area contributed by atoms with E-state index in [9.17, 15) is 9.90 Å². The number of hydrogen-bond donors (Lipinski definition) is 1. The van der Waals surface area contributed by atoms with E-state index in [4.69, 9.17) is 0 Å². The van der Waals surface area contributed by atoms with Gasteiger partial charge in [-0.1, -0.05) is 51.3 Å². The van der Waals surface area contributed by atoms with Crippen molar-refractivity contribution in [3.8, 4) is 11.4 Å². The van der Waals surface area contributed by atoms with Crippen LogP contribution in [0, 0.1) is 6.92 Å². The largest absolute Gasteiger partial charge is 0.506 e. The highest BCUT2D eigenvalue weighted by Gasteiger charge is 2.29. The number of phenolic OH excluding ortho intramolecular Hbond substituents is 1. The summed E-state index contributed by atoms with van der Waals surface area (Å²) in [6.07, 6.45) is 7.69. The molecule has 36 heavy (non-hydrogen) atoms. The Morgan fingerprint density at radius 3 is 2.28 bits per heavy atom. The number of likely N-dealkylation sites (tertiary alicyclic amines) is 1. The molecule has 1 amide bonds. The van der Waals surface area contributed by atoms with E-state index in [0.717, 1.165) is 85.3 Å². The fraction of sp³-hybridized carbons (Fsp3) is 0.500. The van der Waals surface area contributed by atoms with Crippen molar-refractivity contribution in [2.24, 2.45) is 0 Å². The summed E-state index contributed by atoms with van der Waals surface area (Å²) < 4.78 is 2.86. The summed E-state index contributed by atoms with van der Waals surface area (Å²) in [7, 11) is 0. The maximum absolute atomic E-state index is 14.3. The van der Waals surface area contributed by atoms with Crippen molar-refractivity contribution in [1.29, 1.82) is 0 Å². The van der Waals surface area contributed by atoms with Gasteiger partial charge in [-0.3, -0.25) is 9.69 Å². The number of benzene rings is 2. The zero-order valence-corrected chi connectivity index (χ0v) is 23.6. The Hall–Kier alpha value is -2.31. The molecule has 4 rings (SSSR count). The zero-order valence-electron chi connectivity index (χ0n) is 22.0. The molecule has 1 N–H and O–H groups in total. The summed E-state index contributed by atoms with van der Waals surface area (Å²) in [5.41, 5.74) is 4.50. The highest BCUT2D eigenvalue weighted by Crippen LogP contribution is 2.41. The van der Waals surface area contributed by atoms with Crippen molar-refractivity contribution in [1.82, 2.24) is 14.4 Å². The standard InChI is InChI=1S/C30H40BrN3O2/c1-4-6-18-33(19-7-5-2)30(36)27-22(3)34(23-14-10-8-11-15-23)26-20-25(31)29(35)24(28(26)27)21-32-16-12-9-13-17-32/h8,10-11,14-15,20,35H,4-7,9,12-13,16-19,21H2,1-3H3. The number of halogens is 1. The van der Waals surface area contributed by atoms with Crippen molar-refractivity contribution >= 4 is 32.7 Å². The maximum Gasteiger partial charge on any atom is 0.256 e. The Balaban J connectivity index is 1.95. The Kier molecular flexibility index (Phi) is 9.13.